The van der Waals surface area contributed by atoms with Gasteiger partial charge in [0.15, 0.2) is 0 Å². The first kappa shape index (κ1) is 15.6. The van der Waals surface area contributed by atoms with Crippen LogP contribution in [0.3, 0.4) is 0 Å². The van der Waals surface area contributed by atoms with E-state index in [9.17, 15) is 18.0 Å². The van der Waals surface area contributed by atoms with Crippen molar-refractivity contribution in [2.24, 2.45) is 0 Å². The summed E-state index contributed by atoms with van der Waals surface area (Å²) in [6, 6.07) is 7.13. The minimum Gasteiger partial charge on any atom is -0.410 e. The van der Waals surface area contributed by atoms with E-state index in [0.717, 1.165) is 12.3 Å². The second-order valence-electron chi connectivity index (χ2n) is 4.08. The molecule has 0 fully saturated rings. The molecule has 1 heterocycles. The lowest BCUT2D eigenvalue weighted by Crippen LogP contribution is -2.18. The Kier molecular flexibility index (Phi) is 4.47. The normalized spacial score (nSPS) is 10.9. The van der Waals surface area contributed by atoms with Crippen LogP contribution in [0.1, 0.15) is 5.56 Å². The summed E-state index contributed by atoms with van der Waals surface area (Å²) in [5, 5.41) is 10.7. The number of ether oxygens (including phenoxy) is 1. The summed E-state index contributed by atoms with van der Waals surface area (Å²) in [4.78, 5) is 15.2. The van der Waals surface area contributed by atoms with Gasteiger partial charge in [0, 0.05) is 6.20 Å². The molecular weight excluding hydrogens is 303 g/mol. The summed E-state index contributed by atoms with van der Waals surface area (Å²) in [5.74, 6) is -0.142. The number of hydrogen-bond acceptors (Lipinski definition) is 5. The summed E-state index contributed by atoms with van der Waals surface area (Å²) in [5.41, 5.74) is 1.34. The van der Waals surface area contributed by atoms with E-state index in [1.165, 1.54) is 24.3 Å². The van der Waals surface area contributed by atoms with Gasteiger partial charge >= 0.3 is 12.3 Å². The SMILES string of the molecule is O=C(Nc1cc(C(F)(F)F)ccn1)Oc1ccc(NO)cc1. The fourth-order valence-electron chi connectivity index (χ4n) is 1.51. The number of nitrogens with zero attached hydrogens (tertiary/aromatic N) is 1. The maximum atomic E-state index is 12.5. The molecule has 116 valence electrons. The zero-order valence-electron chi connectivity index (χ0n) is 10.9. The van der Waals surface area contributed by atoms with Crippen LogP contribution in [0.4, 0.5) is 29.5 Å². The second kappa shape index (κ2) is 6.31. The molecule has 3 N–H and O–H groups in total. The number of amides is 1. The Morgan fingerprint density at radius 2 is 1.86 bits per heavy atom. The fourth-order valence-corrected chi connectivity index (χ4v) is 1.51. The molecule has 0 saturated heterocycles. The molecule has 0 aliphatic rings. The number of anilines is 2. The first-order valence-electron chi connectivity index (χ1n) is 5.91. The monoisotopic (exact) mass is 313 g/mol. The molecule has 2 aromatic rings. The first-order chi connectivity index (χ1) is 10.4. The van der Waals surface area contributed by atoms with Gasteiger partial charge in [-0.25, -0.2) is 9.78 Å². The molecule has 0 aliphatic carbocycles. The van der Waals surface area contributed by atoms with E-state index in [-0.39, 0.29) is 11.6 Å². The second-order valence-corrected chi connectivity index (χ2v) is 4.08. The van der Waals surface area contributed by atoms with E-state index in [4.69, 9.17) is 9.94 Å². The zero-order valence-corrected chi connectivity index (χ0v) is 10.9. The first-order valence-corrected chi connectivity index (χ1v) is 5.91. The molecule has 0 atom stereocenters. The number of hydrogen-bond donors (Lipinski definition) is 3. The van der Waals surface area contributed by atoms with Crippen LogP contribution < -0.4 is 15.5 Å². The lowest BCUT2D eigenvalue weighted by molar-refractivity contribution is -0.137. The Morgan fingerprint density at radius 1 is 1.18 bits per heavy atom. The summed E-state index contributed by atoms with van der Waals surface area (Å²) >= 11 is 0. The number of nitrogens with one attached hydrogen (secondary N) is 2. The van der Waals surface area contributed by atoms with Gasteiger partial charge < -0.3 is 4.74 Å². The van der Waals surface area contributed by atoms with Crippen LogP contribution in [-0.4, -0.2) is 16.3 Å². The molecular formula is C13H10F3N3O3. The maximum Gasteiger partial charge on any atom is 0.418 e. The Hall–Kier alpha value is -2.81. The number of carbonyl (C=O) groups is 1. The standard InChI is InChI=1S/C13H10F3N3O3/c14-13(15,16)8-5-6-17-11(7-8)18-12(20)22-10-3-1-9(19-21)2-4-10/h1-7,19,21H,(H,17,18,20). The fraction of sp³-hybridized carbons (Fsp3) is 0.0769. The van der Waals surface area contributed by atoms with Crippen LogP contribution in [0.5, 0.6) is 5.75 Å². The van der Waals surface area contributed by atoms with Gasteiger partial charge in [0.05, 0.1) is 11.3 Å². The van der Waals surface area contributed by atoms with Crippen molar-refractivity contribution in [1.29, 1.82) is 0 Å². The van der Waals surface area contributed by atoms with Crippen LogP contribution in [0.2, 0.25) is 0 Å². The summed E-state index contributed by atoms with van der Waals surface area (Å²) in [7, 11) is 0. The molecule has 2 rings (SSSR count). The number of pyridine rings is 1. The average molecular weight is 313 g/mol. The van der Waals surface area contributed by atoms with Crippen LogP contribution >= 0.6 is 0 Å². The molecule has 0 spiro atoms. The van der Waals surface area contributed by atoms with Crippen molar-refractivity contribution in [2.75, 3.05) is 10.8 Å². The van der Waals surface area contributed by atoms with Gasteiger partial charge in [0.25, 0.3) is 0 Å². The molecule has 0 aliphatic heterocycles. The quantitative estimate of drug-likeness (QED) is 0.755. The van der Waals surface area contributed by atoms with E-state index >= 15 is 0 Å². The summed E-state index contributed by atoms with van der Waals surface area (Å²) < 4.78 is 42.4. The highest BCUT2D eigenvalue weighted by atomic mass is 19.4. The van der Waals surface area contributed by atoms with E-state index in [1.807, 2.05) is 5.48 Å². The smallest absolute Gasteiger partial charge is 0.410 e. The molecule has 0 radical (unpaired) electrons. The Labute approximate surface area is 122 Å². The van der Waals surface area contributed by atoms with Crippen molar-refractivity contribution in [1.82, 2.24) is 4.98 Å². The highest BCUT2D eigenvalue weighted by molar-refractivity contribution is 5.85. The lowest BCUT2D eigenvalue weighted by atomic mass is 10.2. The predicted molar refractivity (Wildman–Crippen MR) is 70.7 cm³/mol. The minimum atomic E-state index is -4.53. The molecule has 0 unspecified atom stereocenters. The van der Waals surface area contributed by atoms with Crippen molar-refractivity contribution in [3.05, 3.63) is 48.2 Å². The molecule has 22 heavy (non-hydrogen) atoms. The number of aromatic nitrogens is 1. The zero-order chi connectivity index (χ0) is 16.2. The molecule has 0 saturated carbocycles. The predicted octanol–water partition coefficient (Wildman–Crippen LogP) is 3.51. The third-order valence-electron chi connectivity index (χ3n) is 2.51. The van der Waals surface area contributed by atoms with Crippen molar-refractivity contribution < 1.29 is 27.9 Å². The van der Waals surface area contributed by atoms with Crippen LogP contribution in [-0.2, 0) is 6.18 Å². The number of alkyl halides is 3. The van der Waals surface area contributed by atoms with E-state index < -0.39 is 17.8 Å². The van der Waals surface area contributed by atoms with Gasteiger partial charge in [-0.1, -0.05) is 0 Å². The van der Waals surface area contributed by atoms with Gasteiger partial charge in [0.1, 0.15) is 11.6 Å². The molecule has 9 heteroatoms. The van der Waals surface area contributed by atoms with E-state index in [0.29, 0.717) is 11.8 Å². The van der Waals surface area contributed by atoms with Crippen LogP contribution in [0.25, 0.3) is 0 Å². The Balaban J connectivity index is 2.02. The third-order valence-corrected chi connectivity index (χ3v) is 2.51. The largest absolute Gasteiger partial charge is 0.418 e. The van der Waals surface area contributed by atoms with Gasteiger partial charge in [-0.3, -0.25) is 16.0 Å². The minimum absolute atomic E-state index is 0.142. The number of benzene rings is 1. The van der Waals surface area contributed by atoms with Gasteiger partial charge in [-0.15, -0.1) is 0 Å². The van der Waals surface area contributed by atoms with Crippen molar-refractivity contribution in [3.8, 4) is 5.75 Å². The highest BCUT2D eigenvalue weighted by Gasteiger charge is 2.30. The van der Waals surface area contributed by atoms with Gasteiger partial charge in [-0.2, -0.15) is 13.2 Å². The van der Waals surface area contributed by atoms with Crippen LogP contribution in [0, 0.1) is 0 Å². The number of halogens is 3. The average Bonchev–Trinajstić information content (AvgIpc) is 2.47. The van der Waals surface area contributed by atoms with Gasteiger partial charge in [0.2, 0.25) is 0 Å². The third kappa shape index (κ3) is 4.09. The van der Waals surface area contributed by atoms with E-state index in [1.54, 1.807) is 0 Å². The molecule has 6 nitrogen and oxygen atoms in total. The molecule has 1 aromatic heterocycles. The van der Waals surface area contributed by atoms with Crippen molar-refractivity contribution >= 4 is 17.6 Å². The molecule has 1 amide bonds. The Bertz CT molecular complexity index is 660. The van der Waals surface area contributed by atoms with E-state index in [2.05, 4.69) is 10.3 Å². The molecule has 0 bridgehead atoms. The highest BCUT2D eigenvalue weighted by Crippen LogP contribution is 2.29. The van der Waals surface area contributed by atoms with Crippen LogP contribution in [0.15, 0.2) is 42.6 Å². The van der Waals surface area contributed by atoms with Crippen molar-refractivity contribution in [2.45, 2.75) is 6.18 Å². The summed E-state index contributed by atoms with van der Waals surface area (Å²) in [6.07, 6.45) is -4.59. The van der Waals surface area contributed by atoms with Crippen molar-refractivity contribution in [3.63, 3.8) is 0 Å². The number of carbonyl (C=O) groups excluding carboxylic acids is 1. The Morgan fingerprint density at radius 3 is 2.45 bits per heavy atom. The molecule has 1 aromatic carbocycles. The topological polar surface area (TPSA) is 83.5 Å². The summed E-state index contributed by atoms with van der Waals surface area (Å²) in [6.45, 7) is 0. The maximum absolute atomic E-state index is 12.5. The lowest BCUT2D eigenvalue weighted by Gasteiger charge is -2.09. The number of rotatable bonds is 3. The van der Waals surface area contributed by atoms with Gasteiger partial charge in [-0.05, 0) is 36.4 Å².